The van der Waals surface area contributed by atoms with Gasteiger partial charge in [-0.3, -0.25) is 19.1 Å². The van der Waals surface area contributed by atoms with Crippen LogP contribution in [0.5, 0.6) is 0 Å². The van der Waals surface area contributed by atoms with Gasteiger partial charge in [-0.1, -0.05) is 41.5 Å². The third-order valence-corrected chi connectivity index (χ3v) is 16.6. The van der Waals surface area contributed by atoms with E-state index in [1.807, 2.05) is 0 Å². The Kier molecular flexibility index (Phi) is 8.31. The van der Waals surface area contributed by atoms with Crippen molar-refractivity contribution in [2.45, 2.75) is 96.2 Å². The second-order valence-corrected chi connectivity index (χ2v) is 21.6. The van der Waals surface area contributed by atoms with Crippen molar-refractivity contribution >= 4 is 22.6 Å². The van der Waals surface area contributed by atoms with Gasteiger partial charge in [0, 0.05) is 12.3 Å². The maximum Gasteiger partial charge on any atom is 0.330 e. The molecule has 1 aliphatic heterocycles. The van der Waals surface area contributed by atoms with Gasteiger partial charge in [0.1, 0.15) is 12.0 Å². The lowest BCUT2D eigenvalue weighted by atomic mass is 9.98. The van der Waals surface area contributed by atoms with Crippen molar-refractivity contribution in [1.29, 1.82) is 0 Å². The second kappa shape index (κ2) is 9.84. The molecule has 1 saturated heterocycles. The number of esters is 1. The molecular formula is C23H42N2O7Si2. The Morgan fingerprint density at radius 2 is 1.62 bits per heavy atom. The number of aromatic nitrogens is 2. The molecule has 0 saturated carbocycles. The van der Waals surface area contributed by atoms with Gasteiger partial charge in [0.15, 0.2) is 22.9 Å². The van der Waals surface area contributed by atoms with Crippen molar-refractivity contribution in [3.8, 4) is 0 Å². The van der Waals surface area contributed by atoms with Gasteiger partial charge < -0.3 is 18.3 Å². The van der Waals surface area contributed by atoms with Crippen LogP contribution in [0.15, 0.2) is 21.9 Å². The van der Waals surface area contributed by atoms with Crippen LogP contribution in [0.3, 0.4) is 0 Å². The number of ether oxygens (including phenoxy) is 2. The average molecular weight is 515 g/mol. The number of aromatic amines is 1. The lowest BCUT2D eigenvalue weighted by molar-refractivity contribution is -0.150. The fraction of sp³-hybridized carbons (Fsp3) is 0.783. The van der Waals surface area contributed by atoms with E-state index in [0.29, 0.717) is 0 Å². The Hall–Kier alpha value is -1.54. The number of H-pyrrole nitrogens is 1. The zero-order valence-corrected chi connectivity index (χ0v) is 24.5. The van der Waals surface area contributed by atoms with Gasteiger partial charge in [-0.2, -0.15) is 0 Å². The summed E-state index contributed by atoms with van der Waals surface area (Å²) < 4.78 is 25.8. The van der Waals surface area contributed by atoms with Crippen molar-refractivity contribution in [2.75, 3.05) is 13.7 Å². The molecule has 0 aromatic carbocycles. The van der Waals surface area contributed by atoms with E-state index in [1.54, 1.807) is 0 Å². The Bertz CT molecular complexity index is 989. The number of rotatable bonds is 7. The monoisotopic (exact) mass is 514 g/mol. The Labute approximate surface area is 204 Å². The zero-order chi connectivity index (χ0) is 26.3. The standard InChI is InChI=1S/C23H42N2O7Si2/c1-22(2,3)33(8,9)30-14-15-17(20(27)29-7)18(32-34(10,11)23(4,5)6)19(31-15)25-13-12-16(26)24-21(25)28/h12-13,15,17-19H,14H2,1-11H3,(H,24,26,28)/t15-,17-,18-,19-/m1/s1. The highest BCUT2D eigenvalue weighted by Crippen LogP contribution is 2.44. The van der Waals surface area contributed by atoms with Crippen LogP contribution in [0.2, 0.25) is 36.3 Å². The van der Waals surface area contributed by atoms with Crippen LogP contribution in [0.1, 0.15) is 47.8 Å². The number of methoxy groups -OCH3 is 1. The number of hydrogen-bond donors (Lipinski definition) is 1. The van der Waals surface area contributed by atoms with Gasteiger partial charge >= 0.3 is 11.7 Å². The minimum Gasteiger partial charge on any atom is -0.469 e. The molecule has 0 unspecified atom stereocenters. The Morgan fingerprint density at radius 1 is 1.06 bits per heavy atom. The fourth-order valence-corrected chi connectivity index (χ4v) is 5.61. The maximum atomic E-state index is 13.1. The fourth-order valence-electron chi connectivity index (χ4n) is 3.30. The maximum absolute atomic E-state index is 13.1. The molecule has 1 aromatic rings. The van der Waals surface area contributed by atoms with Gasteiger partial charge in [0.2, 0.25) is 0 Å². The highest BCUT2D eigenvalue weighted by molar-refractivity contribution is 6.74. The van der Waals surface area contributed by atoms with Crippen molar-refractivity contribution < 1.29 is 23.1 Å². The molecule has 0 amide bonds. The summed E-state index contributed by atoms with van der Waals surface area (Å²) in [6.07, 6.45) is -1.01. The summed E-state index contributed by atoms with van der Waals surface area (Å²) in [6.45, 7) is 21.3. The minimum absolute atomic E-state index is 0.0291. The molecule has 0 aliphatic carbocycles. The number of carbonyl (C=O) groups is 1. The van der Waals surface area contributed by atoms with Crippen LogP contribution in [0.4, 0.5) is 0 Å². The number of carbonyl (C=O) groups excluding carboxylic acids is 1. The molecule has 1 aliphatic rings. The number of hydrogen-bond acceptors (Lipinski definition) is 7. The number of nitrogens with zero attached hydrogens (tertiary/aromatic N) is 1. The lowest BCUT2D eigenvalue weighted by Crippen LogP contribution is -2.50. The summed E-state index contributed by atoms with van der Waals surface area (Å²) in [6, 6.07) is 1.25. The Morgan fingerprint density at radius 3 is 2.09 bits per heavy atom. The van der Waals surface area contributed by atoms with Crippen molar-refractivity contribution in [3.63, 3.8) is 0 Å². The summed E-state index contributed by atoms with van der Waals surface area (Å²) in [5, 5.41) is -0.178. The van der Waals surface area contributed by atoms with Crippen LogP contribution in [0.25, 0.3) is 0 Å². The SMILES string of the molecule is COC(=O)[C@H]1[C@@H](O[Si](C)(C)C(C)(C)C)[C@H](n2ccc(=O)[nH]c2=O)O[C@@H]1CO[Si](C)(C)C(C)(C)C. The van der Waals surface area contributed by atoms with E-state index in [2.05, 4.69) is 72.7 Å². The molecule has 4 atom stereocenters. The Balaban J connectivity index is 2.55. The molecule has 1 aromatic heterocycles. The summed E-state index contributed by atoms with van der Waals surface area (Å²) in [5.74, 6) is -1.28. The molecule has 2 heterocycles. The first-order valence-corrected chi connectivity index (χ1v) is 17.5. The van der Waals surface area contributed by atoms with Crippen molar-refractivity contribution in [1.82, 2.24) is 9.55 Å². The smallest absolute Gasteiger partial charge is 0.330 e. The van der Waals surface area contributed by atoms with E-state index in [4.69, 9.17) is 18.3 Å². The van der Waals surface area contributed by atoms with Crippen LogP contribution < -0.4 is 11.2 Å². The van der Waals surface area contributed by atoms with E-state index in [1.165, 1.54) is 23.9 Å². The predicted octanol–water partition coefficient (Wildman–Crippen LogP) is 3.64. The van der Waals surface area contributed by atoms with Crippen LogP contribution in [-0.4, -0.2) is 58.1 Å². The quantitative estimate of drug-likeness (QED) is 0.437. The van der Waals surface area contributed by atoms with Crippen LogP contribution >= 0.6 is 0 Å². The van der Waals surface area contributed by atoms with Gasteiger partial charge in [0.25, 0.3) is 5.56 Å². The van der Waals surface area contributed by atoms with Crippen LogP contribution in [0, 0.1) is 5.92 Å². The lowest BCUT2D eigenvalue weighted by Gasteiger charge is -2.40. The van der Waals surface area contributed by atoms with Gasteiger partial charge in [-0.15, -0.1) is 0 Å². The highest BCUT2D eigenvalue weighted by atomic mass is 28.4. The summed E-state index contributed by atoms with van der Waals surface area (Å²) in [5.41, 5.74) is -1.14. The molecule has 0 radical (unpaired) electrons. The second-order valence-electron chi connectivity index (χ2n) is 12.0. The van der Waals surface area contributed by atoms with E-state index in [9.17, 15) is 14.4 Å². The molecule has 1 N–H and O–H groups in total. The minimum atomic E-state index is -2.40. The normalized spacial score (nSPS) is 24.3. The molecule has 0 spiro atoms. The molecule has 194 valence electrons. The van der Waals surface area contributed by atoms with E-state index in [0.717, 1.165) is 0 Å². The van der Waals surface area contributed by atoms with E-state index >= 15 is 0 Å². The topological polar surface area (TPSA) is 109 Å². The summed E-state index contributed by atoms with van der Waals surface area (Å²) >= 11 is 0. The van der Waals surface area contributed by atoms with Gasteiger partial charge in [0.05, 0.1) is 19.8 Å². The molecule has 9 nitrogen and oxygen atoms in total. The third kappa shape index (κ3) is 5.99. The molecule has 11 heteroatoms. The summed E-state index contributed by atoms with van der Waals surface area (Å²) in [7, 11) is -3.21. The number of nitrogens with one attached hydrogen (secondary N) is 1. The first-order valence-electron chi connectivity index (χ1n) is 11.7. The molecule has 34 heavy (non-hydrogen) atoms. The predicted molar refractivity (Wildman–Crippen MR) is 136 cm³/mol. The summed E-state index contributed by atoms with van der Waals surface area (Å²) in [4.78, 5) is 39.7. The highest BCUT2D eigenvalue weighted by Gasteiger charge is 2.55. The van der Waals surface area contributed by atoms with Crippen molar-refractivity contribution in [3.05, 3.63) is 33.1 Å². The third-order valence-electron chi connectivity index (χ3n) is 7.60. The van der Waals surface area contributed by atoms with Gasteiger partial charge in [-0.05, 0) is 36.3 Å². The first-order chi connectivity index (χ1) is 15.3. The van der Waals surface area contributed by atoms with Gasteiger partial charge in [-0.25, -0.2) is 4.79 Å². The van der Waals surface area contributed by atoms with Crippen molar-refractivity contribution in [2.24, 2.45) is 5.92 Å². The molecular weight excluding hydrogens is 472 g/mol. The van der Waals surface area contributed by atoms with E-state index in [-0.39, 0.29) is 16.7 Å². The molecule has 0 bridgehead atoms. The average Bonchev–Trinajstić information content (AvgIpc) is 3.01. The largest absolute Gasteiger partial charge is 0.469 e. The molecule has 1 fully saturated rings. The zero-order valence-electron chi connectivity index (χ0n) is 22.5. The molecule has 2 rings (SSSR count). The van der Waals surface area contributed by atoms with E-state index < -0.39 is 58.2 Å². The van der Waals surface area contributed by atoms with Crippen LogP contribution in [-0.2, 0) is 23.1 Å². The first kappa shape index (κ1) is 28.7.